The van der Waals surface area contributed by atoms with Gasteiger partial charge in [-0.05, 0) is 19.4 Å². The summed E-state index contributed by atoms with van der Waals surface area (Å²) in [4.78, 5) is 11.8. The molecule has 0 saturated carbocycles. The lowest BCUT2D eigenvalue weighted by Crippen LogP contribution is -2.40. The summed E-state index contributed by atoms with van der Waals surface area (Å²) in [6.45, 7) is 4.41. The van der Waals surface area contributed by atoms with Gasteiger partial charge in [-0.1, -0.05) is 19.8 Å². The van der Waals surface area contributed by atoms with Crippen LogP contribution in [0.25, 0.3) is 0 Å². The van der Waals surface area contributed by atoms with Crippen LogP contribution in [0.4, 0.5) is 0 Å². The highest BCUT2D eigenvalue weighted by Gasteiger charge is 2.13. The van der Waals surface area contributed by atoms with Gasteiger partial charge >= 0.3 is 0 Å². The van der Waals surface area contributed by atoms with Crippen LogP contribution >= 0.6 is 0 Å². The van der Waals surface area contributed by atoms with E-state index < -0.39 is 0 Å². The van der Waals surface area contributed by atoms with Gasteiger partial charge in [0.1, 0.15) is 12.0 Å². The van der Waals surface area contributed by atoms with Crippen LogP contribution in [0.1, 0.15) is 42.3 Å². The summed E-state index contributed by atoms with van der Waals surface area (Å²) >= 11 is 0. The van der Waals surface area contributed by atoms with Crippen molar-refractivity contribution in [3.05, 3.63) is 23.7 Å². The molecule has 0 aliphatic heterocycles. The van der Waals surface area contributed by atoms with Gasteiger partial charge in [0.25, 0.3) is 5.91 Å². The molecule has 3 N–H and O–H groups in total. The molecule has 1 atom stereocenters. The summed E-state index contributed by atoms with van der Waals surface area (Å²) in [5, 5.41) is 2.91. The second kappa shape index (κ2) is 6.33. The van der Waals surface area contributed by atoms with Crippen LogP contribution in [0, 0.1) is 6.92 Å². The molecule has 0 spiro atoms. The van der Waals surface area contributed by atoms with E-state index >= 15 is 0 Å². The highest BCUT2D eigenvalue weighted by Crippen LogP contribution is 2.07. The molecule has 0 aromatic carbocycles. The lowest BCUT2D eigenvalue weighted by molar-refractivity contribution is 0.0935. The van der Waals surface area contributed by atoms with Gasteiger partial charge < -0.3 is 15.5 Å². The number of nitrogens with two attached hydrogens (primary N) is 1. The second-order valence-corrected chi connectivity index (χ2v) is 3.99. The van der Waals surface area contributed by atoms with E-state index in [2.05, 4.69) is 12.2 Å². The van der Waals surface area contributed by atoms with Crippen LogP contribution in [0.5, 0.6) is 0 Å². The van der Waals surface area contributed by atoms with Crippen molar-refractivity contribution in [3.8, 4) is 0 Å². The van der Waals surface area contributed by atoms with Gasteiger partial charge in [-0.25, -0.2) is 0 Å². The summed E-state index contributed by atoms with van der Waals surface area (Å²) < 4.78 is 5.09. The molecular weight excluding hydrogens is 204 g/mol. The summed E-state index contributed by atoms with van der Waals surface area (Å²) in [6.07, 6.45) is 4.58. The van der Waals surface area contributed by atoms with Crippen molar-refractivity contribution >= 4 is 5.91 Å². The molecule has 1 heterocycles. The van der Waals surface area contributed by atoms with Gasteiger partial charge in [-0.2, -0.15) is 0 Å². The minimum Gasteiger partial charge on any atom is -0.469 e. The van der Waals surface area contributed by atoms with Gasteiger partial charge in [0, 0.05) is 12.6 Å². The predicted octanol–water partition coefficient (Wildman–Crippen LogP) is 1.84. The van der Waals surface area contributed by atoms with Crippen molar-refractivity contribution in [1.82, 2.24) is 5.32 Å². The van der Waals surface area contributed by atoms with Crippen molar-refractivity contribution in [1.29, 1.82) is 0 Å². The monoisotopic (exact) mass is 224 g/mol. The fourth-order valence-corrected chi connectivity index (χ4v) is 1.53. The molecule has 0 aliphatic carbocycles. The average molecular weight is 224 g/mol. The minimum absolute atomic E-state index is 0.0580. The van der Waals surface area contributed by atoms with E-state index in [4.69, 9.17) is 10.2 Å². The Morgan fingerprint density at radius 3 is 2.88 bits per heavy atom. The molecule has 4 heteroatoms. The first-order chi connectivity index (χ1) is 7.67. The first-order valence-electron chi connectivity index (χ1n) is 5.73. The van der Waals surface area contributed by atoms with Crippen LogP contribution in [0.3, 0.4) is 0 Å². The lowest BCUT2D eigenvalue weighted by atomic mass is 10.1. The summed E-state index contributed by atoms with van der Waals surface area (Å²) in [7, 11) is 0. The number of hydrogen-bond acceptors (Lipinski definition) is 3. The summed E-state index contributed by atoms with van der Waals surface area (Å²) in [5.41, 5.74) is 6.17. The van der Waals surface area contributed by atoms with Crippen molar-refractivity contribution in [2.45, 2.75) is 39.2 Å². The maximum atomic E-state index is 11.8. The highest BCUT2D eigenvalue weighted by atomic mass is 16.3. The van der Waals surface area contributed by atoms with Gasteiger partial charge in [0.2, 0.25) is 0 Å². The minimum atomic E-state index is -0.108. The van der Waals surface area contributed by atoms with Gasteiger partial charge in [-0.15, -0.1) is 0 Å². The van der Waals surface area contributed by atoms with E-state index in [1.54, 1.807) is 6.07 Å². The quantitative estimate of drug-likeness (QED) is 0.774. The number of carbonyl (C=O) groups is 1. The van der Waals surface area contributed by atoms with Gasteiger partial charge in [0.05, 0.1) is 5.56 Å². The zero-order valence-electron chi connectivity index (χ0n) is 9.95. The van der Waals surface area contributed by atoms with Gasteiger partial charge in [-0.3, -0.25) is 4.79 Å². The molecule has 0 aliphatic rings. The Kier molecular flexibility index (Phi) is 5.05. The maximum absolute atomic E-state index is 11.8. The average Bonchev–Trinajstić information content (AvgIpc) is 2.70. The number of rotatable bonds is 6. The Balaban J connectivity index is 2.48. The van der Waals surface area contributed by atoms with E-state index in [0.29, 0.717) is 12.1 Å². The van der Waals surface area contributed by atoms with Crippen LogP contribution in [0.2, 0.25) is 0 Å². The smallest absolute Gasteiger partial charge is 0.254 e. The summed E-state index contributed by atoms with van der Waals surface area (Å²) in [5.74, 6) is 0.631. The normalized spacial score (nSPS) is 12.4. The fraction of sp³-hybridized carbons (Fsp3) is 0.583. The molecule has 1 rings (SSSR count). The summed E-state index contributed by atoms with van der Waals surface area (Å²) in [6, 6.07) is 1.78. The van der Waals surface area contributed by atoms with E-state index in [-0.39, 0.29) is 11.9 Å². The first kappa shape index (κ1) is 12.8. The molecule has 16 heavy (non-hydrogen) atoms. The molecule has 1 aromatic rings. The number of aryl methyl sites for hydroxylation is 1. The number of nitrogens with one attached hydrogen (secondary N) is 1. The maximum Gasteiger partial charge on any atom is 0.254 e. The lowest BCUT2D eigenvalue weighted by Gasteiger charge is -2.15. The molecule has 0 fully saturated rings. The molecular formula is C12H20N2O2. The molecule has 1 aromatic heterocycles. The van der Waals surface area contributed by atoms with Crippen molar-refractivity contribution < 1.29 is 9.21 Å². The topological polar surface area (TPSA) is 68.3 Å². The Hall–Kier alpha value is -1.29. The molecule has 0 radical (unpaired) electrons. The van der Waals surface area contributed by atoms with Crippen LogP contribution in [-0.2, 0) is 0 Å². The molecule has 1 unspecified atom stereocenters. The number of furan rings is 1. The van der Waals surface area contributed by atoms with Crippen molar-refractivity contribution in [3.63, 3.8) is 0 Å². The molecule has 0 saturated heterocycles. The van der Waals surface area contributed by atoms with E-state index in [9.17, 15) is 4.79 Å². The standard InChI is InChI=1S/C12H20N2O2/c1-3-4-5-11(7-13)14-12(15)10-6-9(2)16-8-10/h6,8,11H,3-5,7,13H2,1-2H3,(H,14,15). The second-order valence-electron chi connectivity index (χ2n) is 3.99. The van der Waals surface area contributed by atoms with Crippen LogP contribution < -0.4 is 11.1 Å². The third-order valence-electron chi connectivity index (χ3n) is 2.52. The van der Waals surface area contributed by atoms with E-state index in [1.807, 2.05) is 6.92 Å². The van der Waals surface area contributed by atoms with Crippen molar-refractivity contribution in [2.75, 3.05) is 6.54 Å². The molecule has 0 bridgehead atoms. The zero-order valence-corrected chi connectivity index (χ0v) is 9.95. The van der Waals surface area contributed by atoms with E-state index in [1.165, 1.54) is 6.26 Å². The highest BCUT2D eigenvalue weighted by molar-refractivity contribution is 5.94. The Labute approximate surface area is 96.2 Å². The van der Waals surface area contributed by atoms with E-state index in [0.717, 1.165) is 25.0 Å². The van der Waals surface area contributed by atoms with Crippen LogP contribution in [-0.4, -0.2) is 18.5 Å². The number of carbonyl (C=O) groups excluding carboxylic acids is 1. The fourth-order valence-electron chi connectivity index (χ4n) is 1.53. The third kappa shape index (κ3) is 3.70. The Bertz CT molecular complexity index is 334. The molecule has 90 valence electrons. The molecule has 1 amide bonds. The SMILES string of the molecule is CCCCC(CN)NC(=O)c1coc(C)c1. The predicted molar refractivity (Wildman–Crippen MR) is 63.3 cm³/mol. The van der Waals surface area contributed by atoms with Crippen LogP contribution in [0.15, 0.2) is 16.7 Å². The number of hydrogen-bond donors (Lipinski definition) is 2. The third-order valence-corrected chi connectivity index (χ3v) is 2.52. The molecule has 4 nitrogen and oxygen atoms in total. The van der Waals surface area contributed by atoms with Gasteiger partial charge in [0.15, 0.2) is 0 Å². The Morgan fingerprint density at radius 1 is 1.62 bits per heavy atom. The number of unbranched alkanes of at least 4 members (excludes halogenated alkanes) is 1. The first-order valence-corrected chi connectivity index (χ1v) is 5.73. The zero-order chi connectivity index (χ0) is 12.0. The number of amides is 1. The Morgan fingerprint density at radius 2 is 2.38 bits per heavy atom. The largest absolute Gasteiger partial charge is 0.469 e. The van der Waals surface area contributed by atoms with Crippen molar-refractivity contribution in [2.24, 2.45) is 5.73 Å².